The number of aliphatic hydroxyl groups excluding tert-OH is 2. The van der Waals surface area contributed by atoms with Crippen molar-refractivity contribution in [3.63, 3.8) is 0 Å². The molecule has 0 radical (unpaired) electrons. The van der Waals surface area contributed by atoms with Crippen LogP contribution in [0.15, 0.2) is 0 Å². The van der Waals surface area contributed by atoms with Crippen LogP contribution in [0.5, 0.6) is 0 Å². The van der Waals surface area contributed by atoms with Gasteiger partial charge in [0.05, 0.1) is 13.2 Å². The summed E-state index contributed by atoms with van der Waals surface area (Å²) in [6.07, 6.45) is 0.0367. The Kier molecular flexibility index (Phi) is 13.4. The van der Waals surface area contributed by atoms with Gasteiger partial charge < -0.3 is 35.5 Å². The highest BCUT2D eigenvalue weighted by molar-refractivity contribution is 6.91. The highest BCUT2D eigenvalue weighted by Gasteiger charge is 2.46. The average molecular weight is 577 g/mol. The van der Waals surface area contributed by atoms with Crippen LogP contribution < -0.4 is 0 Å². The third-order valence-electron chi connectivity index (χ3n) is 4.14. The van der Waals surface area contributed by atoms with E-state index >= 15 is 0 Å². The van der Waals surface area contributed by atoms with Gasteiger partial charge in [0.25, 0.3) is 0 Å². The minimum atomic E-state index is -2.50. The minimum absolute atomic E-state index is 0.157. The summed E-state index contributed by atoms with van der Waals surface area (Å²) in [6, 6.07) is 0.933. The topological polar surface area (TPSA) is 95.8 Å². The predicted octanol–water partition coefficient (Wildman–Crippen LogP) is 4.68. The summed E-state index contributed by atoms with van der Waals surface area (Å²) in [5.41, 5.74) is 0. The number of rotatable bonds is 17. The lowest BCUT2D eigenvalue weighted by atomic mass is 10.4. The second-order valence-corrected chi connectivity index (χ2v) is 35.5. The second kappa shape index (κ2) is 13.0. The van der Waals surface area contributed by atoms with Gasteiger partial charge in [-0.05, 0) is 97.6 Å². The van der Waals surface area contributed by atoms with E-state index < -0.39 is 57.0 Å². The molecule has 1 atom stereocenters. The number of hydrogen-bond donors (Lipinski definition) is 2. The van der Waals surface area contributed by atoms with Gasteiger partial charge in [0.2, 0.25) is 0 Å². The number of ether oxygens (including phenoxy) is 1. The summed E-state index contributed by atoms with van der Waals surface area (Å²) in [4.78, 5) is 0. The van der Waals surface area contributed by atoms with Gasteiger partial charge >= 0.3 is 34.2 Å². The molecule has 2 N–H and O–H groups in total. The molecule has 0 aliphatic rings. The molecule has 0 amide bonds. The Morgan fingerprint density at radius 1 is 0.606 bits per heavy atom. The van der Waals surface area contributed by atoms with Crippen molar-refractivity contribution in [1.29, 1.82) is 0 Å². The van der Waals surface area contributed by atoms with Crippen molar-refractivity contribution in [2.45, 2.75) is 104 Å². The SMILES string of the molecule is C[Si](C)(C)O[Si](C)(C)O[Si](C)(C)O[Si](C)(C)O[Si](C)(C)O[Si](C)(C)CCCOCC(O)CO. The van der Waals surface area contributed by atoms with E-state index in [9.17, 15) is 5.11 Å². The Hall–Kier alpha value is 0.981. The van der Waals surface area contributed by atoms with E-state index in [1.54, 1.807) is 0 Å². The molecule has 200 valence electrons. The van der Waals surface area contributed by atoms with Crippen molar-refractivity contribution in [1.82, 2.24) is 0 Å². The first kappa shape index (κ1) is 34.0. The lowest BCUT2D eigenvalue weighted by Gasteiger charge is -2.43. The van der Waals surface area contributed by atoms with Crippen LogP contribution in [-0.4, -0.2) is 87.0 Å². The first-order valence-electron chi connectivity index (χ1n) is 11.9. The maximum atomic E-state index is 9.35. The van der Waals surface area contributed by atoms with E-state index in [1.807, 2.05) is 0 Å². The van der Waals surface area contributed by atoms with Crippen LogP contribution in [0.25, 0.3) is 0 Å². The molecule has 0 fully saturated rings. The van der Waals surface area contributed by atoms with E-state index in [2.05, 4.69) is 85.1 Å². The second-order valence-electron chi connectivity index (χ2n) is 12.0. The van der Waals surface area contributed by atoms with Crippen molar-refractivity contribution in [2.24, 2.45) is 0 Å². The van der Waals surface area contributed by atoms with Gasteiger partial charge in [0.15, 0.2) is 16.6 Å². The Balaban J connectivity index is 4.85. The highest BCUT2D eigenvalue weighted by atomic mass is 28.5. The smallest absolute Gasteiger partial charge is 0.314 e. The first-order valence-corrected chi connectivity index (χ1v) is 29.7. The van der Waals surface area contributed by atoms with Gasteiger partial charge in [-0.15, -0.1) is 0 Å². The van der Waals surface area contributed by atoms with Crippen LogP contribution in [-0.2, 0) is 25.3 Å². The molecule has 0 aliphatic carbocycles. The molecule has 0 saturated heterocycles. The molecule has 0 aliphatic heterocycles. The lowest BCUT2D eigenvalue weighted by molar-refractivity contribution is 0.00638. The Bertz CT molecular complexity index is 581. The van der Waals surface area contributed by atoms with Gasteiger partial charge in [0.1, 0.15) is 6.10 Å². The zero-order valence-electron chi connectivity index (χ0n) is 23.5. The van der Waals surface area contributed by atoms with Gasteiger partial charge in [-0.1, -0.05) is 0 Å². The standard InChI is InChI=1S/C19H52O8Si6/c1-28(2,3)23-30(6,7)25-32(10,11)27-33(12,13)26-31(8,9)24-29(4,5)16-14-15-22-18-19(21)17-20/h19-21H,14-18H2,1-13H3. The molecular formula is C19H52O8Si6. The Morgan fingerprint density at radius 3 is 1.39 bits per heavy atom. The summed E-state index contributed by atoms with van der Waals surface area (Å²) in [6.45, 7) is 28.1. The van der Waals surface area contributed by atoms with Crippen molar-refractivity contribution >= 4 is 50.9 Å². The first-order chi connectivity index (χ1) is 14.5. The fourth-order valence-corrected chi connectivity index (χ4v) is 33.2. The zero-order valence-corrected chi connectivity index (χ0v) is 29.5. The van der Waals surface area contributed by atoms with E-state index in [0.717, 1.165) is 12.5 Å². The molecule has 0 saturated carbocycles. The van der Waals surface area contributed by atoms with E-state index in [4.69, 9.17) is 30.4 Å². The van der Waals surface area contributed by atoms with Crippen molar-refractivity contribution in [3.05, 3.63) is 0 Å². The van der Waals surface area contributed by atoms with Crippen molar-refractivity contribution in [2.75, 3.05) is 19.8 Å². The average Bonchev–Trinajstić information content (AvgIpc) is 2.46. The van der Waals surface area contributed by atoms with E-state index in [-0.39, 0.29) is 13.2 Å². The lowest BCUT2D eigenvalue weighted by Crippen LogP contribution is -2.59. The molecule has 0 spiro atoms. The van der Waals surface area contributed by atoms with Crippen LogP contribution >= 0.6 is 0 Å². The third kappa shape index (κ3) is 18.0. The molecule has 0 rings (SSSR count). The summed E-state index contributed by atoms with van der Waals surface area (Å²) in [5.74, 6) is 0. The van der Waals surface area contributed by atoms with Crippen LogP contribution in [0.4, 0.5) is 0 Å². The maximum Gasteiger partial charge on any atom is 0.314 e. The fraction of sp³-hybridized carbons (Fsp3) is 1.00. The maximum absolute atomic E-state index is 9.35. The van der Waals surface area contributed by atoms with Gasteiger partial charge in [-0.2, -0.15) is 0 Å². The van der Waals surface area contributed by atoms with Crippen LogP contribution in [0.2, 0.25) is 91.2 Å². The number of hydrogen-bond acceptors (Lipinski definition) is 8. The summed E-state index contributed by atoms with van der Waals surface area (Å²) in [5, 5.41) is 18.2. The molecule has 0 bridgehead atoms. The molecule has 1 unspecified atom stereocenters. The molecule has 0 aromatic carbocycles. The summed E-state index contributed by atoms with van der Waals surface area (Å²) >= 11 is 0. The highest BCUT2D eigenvalue weighted by Crippen LogP contribution is 2.28. The third-order valence-corrected chi connectivity index (χ3v) is 26.1. The zero-order chi connectivity index (χ0) is 26.4. The number of aliphatic hydroxyl groups is 2. The monoisotopic (exact) mass is 576 g/mol. The van der Waals surface area contributed by atoms with Crippen molar-refractivity contribution < 1.29 is 35.5 Å². The molecule has 0 aromatic heterocycles. The fourth-order valence-electron chi connectivity index (χ4n) is 4.18. The van der Waals surface area contributed by atoms with Crippen LogP contribution in [0, 0.1) is 0 Å². The van der Waals surface area contributed by atoms with E-state index in [1.165, 1.54) is 0 Å². The quantitative estimate of drug-likeness (QED) is 0.190. The van der Waals surface area contributed by atoms with Crippen LogP contribution in [0.1, 0.15) is 6.42 Å². The molecule has 0 aromatic rings. The molecule has 8 nitrogen and oxygen atoms in total. The Labute approximate surface area is 209 Å². The predicted molar refractivity (Wildman–Crippen MR) is 150 cm³/mol. The van der Waals surface area contributed by atoms with Gasteiger partial charge in [-0.3, -0.25) is 0 Å². The summed E-state index contributed by atoms with van der Waals surface area (Å²) in [7, 11) is -13.3. The van der Waals surface area contributed by atoms with Gasteiger partial charge in [0, 0.05) is 6.61 Å². The Morgan fingerprint density at radius 2 is 1.00 bits per heavy atom. The van der Waals surface area contributed by atoms with Gasteiger partial charge in [-0.25, -0.2) is 0 Å². The largest absolute Gasteiger partial charge is 0.437 e. The molecular weight excluding hydrogens is 525 g/mol. The minimum Gasteiger partial charge on any atom is -0.437 e. The normalized spacial score (nSPS) is 15.7. The molecule has 14 heteroatoms. The van der Waals surface area contributed by atoms with E-state index in [0.29, 0.717) is 6.61 Å². The summed E-state index contributed by atoms with van der Waals surface area (Å²) < 4.78 is 38.1. The van der Waals surface area contributed by atoms with Crippen molar-refractivity contribution in [3.8, 4) is 0 Å². The van der Waals surface area contributed by atoms with Crippen LogP contribution in [0.3, 0.4) is 0 Å². The molecule has 0 heterocycles. The molecule has 33 heavy (non-hydrogen) atoms.